The number of esters is 3. The monoisotopic (exact) mass is 1140 g/mol. The van der Waals surface area contributed by atoms with E-state index in [1.807, 2.05) is 0 Å². The van der Waals surface area contributed by atoms with Gasteiger partial charge in [0.2, 0.25) is 0 Å². The highest BCUT2D eigenvalue weighted by atomic mass is 16.6. The predicted molar refractivity (Wildman–Crippen MR) is 353 cm³/mol. The van der Waals surface area contributed by atoms with Gasteiger partial charge in [0.15, 0.2) is 6.10 Å². The number of carbonyl (C=O) groups excluding carboxylic acids is 3. The van der Waals surface area contributed by atoms with Crippen LogP contribution >= 0.6 is 0 Å². The third-order valence-corrected chi connectivity index (χ3v) is 17.3. The van der Waals surface area contributed by atoms with Crippen LogP contribution in [0.25, 0.3) is 0 Å². The van der Waals surface area contributed by atoms with Crippen molar-refractivity contribution in [2.45, 2.75) is 438 Å². The summed E-state index contributed by atoms with van der Waals surface area (Å²) in [6.07, 6.45) is 85.4. The van der Waals surface area contributed by atoms with Crippen molar-refractivity contribution in [3.63, 3.8) is 0 Å². The molecular weight excluding hydrogens is 997 g/mol. The first-order valence-corrected chi connectivity index (χ1v) is 37.2. The van der Waals surface area contributed by atoms with E-state index in [1.54, 1.807) is 0 Å². The summed E-state index contributed by atoms with van der Waals surface area (Å²) in [5.74, 6) is -0.821. The molecule has 0 N–H and O–H groups in total. The summed E-state index contributed by atoms with van der Waals surface area (Å²) in [6.45, 7) is 6.75. The lowest BCUT2D eigenvalue weighted by Crippen LogP contribution is -2.30. The maximum absolute atomic E-state index is 13.0. The fourth-order valence-corrected chi connectivity index (χ4v) is 11.7. The summed E-state index contributed by atoms with van der Waals surface area (Å²) >= 11 is 0. The second-order valence-electron chi connectivity index (χ2n) is 25.6. The third kappa shape index (κ3) is 68.8. The smallest absolute Gasteiger partial charge is 0.306 e. The molecule has 6 heteroatoms. The molecule has 480 valence electrons. The van der Waals surface area contributed by atoms with Gasteiger partial charge in [-0.05, 0) is 44.9 Å². The zero-order valence-electron chi connectivity index (χ0n) is 55.4. The minimum atomic E-state index is -0.766. The number of ether oxygens (including phenoxy) is 3. The maximum atomic E-state index is 13.0. The van der Waals surface area contributed by atoms with Crippen LogP contribution in [-0.2, 0) is 28.6 Å². The topological polar surface area (TPSA) is 78.9 Å². The first kappa shape index (κ1) is 79.2. The molecule has 81 heavy (non-hydrogen) atoms. The summed E-state index contributed by atoms with van der Waals surface area (Å²) < 4.78 is 17.0. The summed E-state index contributed by atoms with van der Waals surface area (Å²) in [5.41, 5.74) is 0. The maximum Gasteiger partial charge on any atom is 0.306 e. The Morgan fingerprint density at radius 3 is 0.617 bits per heavy atom. The highest BCUT2D eigenvalue weighted by molar-refractivity contribution is 5.71. The summed E-state index contributed by atoms with van der Waals surface area (Å²) in [6, 6.07) is 0. The van der Waals surface area contributed by atoms with Gasteiger partial charge in [0.25, 0.3) is 0 Å². The molecule has 0 bridgehead atoms. The van der Waals surface area contributed by atoms with Crippen molar-refractivity contribution in [1.29, 1.82) is 0 Å². The molecule has 0 saturated carbocycles. The molecule has 0 saturated heterocycles. The first-order valence-electron chi connectivity index (χ1n) is 37.2. The van der Waals surface area contributed by atoms with Gasteiger partial charge < -0.3 is 14.2 Å². The van der Waals surface area contributed by atoms with E-state index in [4.69, 9.17) is 14.2 Å². The molecule has 0 radical (unpaired) electrons. The van der Waals surface area contributed by atoms with Crippen LogP contribution in [-0.4, -0.2) is 37.2 Å². The van der Waals surface area contributed by atoms with Crippen LogP contribution in [0.5, 0.6) is 0 Å². The third-order valence-electron chi connectivity index (χ3n) is 17.3. The van der Waals surface area contributed by atoms with Crippen LogP contribution in [0.3, 0.4) is 0 Å². The Labute approximate surface area is 507 Å². The first-order chi connectivity index (χ1) is 40.0. The predicted octanol–water partition coefficient (Wildman–Crippen LogP) is 25.6. The van der Waals surface area contributed by atoms with E-state index in [1.165, 1.54) is 334 Å². The average molecular weight is 1140 g/mol. The lowest BCUT2D eigenvalue weighted by molar-refractivity contribution is -0.167. The number of hydrogen-bond acceptors (Lipinski definition) is 6. The molecule has 0 aliphatic carbocycles. The minimum absolute atomic E-state index is 0.0618. The second-order valence-corrected chi connectivity index (χ2v) is 25.6. The number of allylic oxidation sites excluding steroid dienone is 2. The van der Waals surface area contributed by atoms with Crippen molar-refractivity contribution in [2.75, 3.05) is 13.2 Å². The molecule has 1 unspecified atom stereocenters. The Balaban J connectivity index is 4.22. The van der Waals surface area contributed by atoms with E-state index in [-0.39, 0.29) is 31.1 Å². The molecule has 0 spiro atoms. The molecule has 0 amide bonds. The molecule has 0 rings (SSSR count). The number of unbranched alkanes of at least 4 members (excludes halogenated alkanes) is 57. The van der Waals surface area contributed by atoms with Gasteiger partial charge in [-0.1, -0.05) is 380 Å². The average Bonchev–Trinajstić information content (AvgIpc) is 3.47. The number of rotatable bonds is 70. The highest BCUT2D eigenvalue weighted by Gasteiger charge is 2.20. The summed E-state index contributed by atoms with van der Waals surface area (Å²) in [4.78, 5) is 38.5. The van der Waals surface area contributed by atoms with Gasteiger partial charge in [-0.3, -0.25) is 14.4 Å². The van der Waals surface area contributed by atoms with Gasteiger partial charge in [0, 0.05) is 19.3 Å². The zero-order chi connectivity index (χ0) is 58.5. The van der Waals surface area contributed by atoms with Gasteiger partial charge in [-0.25, -0.2) is 0 Å². The van der Waals surface area contributed by atoms with Crippen LogP contribution < -0.4 is 0 Å². The molecule has 0 aromatic carbocycles. The van der Waals surface area contributed by atoms with Crippen molar-refractivity contribution < 1.29 is 28.6 Å². The van der Waals surface area contributed by atoms with Crippen molar-refractivity contribution in [3.05, 3.63) is 12.2 Å². The Bertz CT molecular complexity index is 1260. The number of hydrogen-bond donors (Lipinski definition) is 0. The normalized spacial score (nSPS) is 12.0. The Morgan fingerprint density at radius 2 is 0.407 bits per heavy atom. The molecule has 0 aliphatic rings. The van der Waals surface area contributed by atoms with Gasteiger partial charge in [0.1, 0.15) is 13.2 Å². The quantitative estimate of drug-likeness (QED) is 0.0261. The lowest BCUT2D eigenvalue weighted by atomic mass is 10.0. The lowest BCUT2D eigenvalue weighted by Gasteiger charge is -2.18. The fourth-order valence-electron chi connectivity index (χ4n) is 11.7. The Kier molecular flexibility index (Phi) is 69.0. The van der Waals surface area contributed by atoms with E-state index >= 15 is 0 Å². The molecule has 0 aromatic rings. The van der Waals surface area contributed by atoms with Crippen LogP contribution in [0.2, 0.25) is 0 Å². The molecule has 0 aromatic heterocycles. The molecular formula is C75H144O6. The molecule has 0 heterocycles. The standard InChI is InChI=1S/C75H144O6/c1-4-7-10-13-16-19-22-25-28-31-33-34-35-36-37-38-39-40-42-44-47-50-53-56-59-62-65-68-74(77)80-71-72(70-79-73(76)67-64-61-58-55-52-49-46-43-30-27-24-21-18-15-12-9-6-3)81-75(78)69-66-63-60-57-54-51-48-45-41-32-29-26-23-20-17-14-11-8-5-2/h31,33,72H,4-30,32,34-71H2,1-3H3/b33-31-. The van der Waals surface area contributed by atoms with Gasteiger partial charge in [0.05, 0.1) is 0 Å². The Hall–Kier alpha value is -1.85. The van der Waals surface area contributed by atoms with E-state index in [0.29, 0.717) is 19.3 Å². The molecule has 0 fully saturated rings. The van der Waals surface area contributed by atoms with Gasteiger partial charge in [-0.15, -0.1) is 0 Å². The van der Waals surface area contributed by atoms with Crippen molar-refractivity contribution in [2.24, 2.45) is 0 Å². The van der Waals surface area contributed by atoms with Crippen molar-refractivity contribution in [1.82, 2.24) is 0 Å². The van der Waals surface area contributed by atoms with E-state index < -0.39 is 6.10 Å². The van der Waals surface area contributed by atoms with Gasteiger partial charge in [-0.2, -0.15) is 0 Å². The van der Waals surface area contributed by atoms with E-state index in [0.717, 1.165) is 57.8 Å². The number of carbonyl (C=O) groups is 3. The largest absolute Gasteiger partial charge is 0.462 e. The Morgan fingerprint density at radius 1 is 0.235 bits per heavy atom. The van der Waals surface area contributed by atoms with Crippen LogP contribution in [0.1, 0.15) is 432 Å². The summed E-state index contributed by atoms with van der Waals surface area (Å²) in [7, 11) is 0. The van der Waals surface area contributed by atoms with Crippen LogP contribution in [0.4, 0.5) is 0 Å². The summed E-state index contributed by atoms with van der Waals surface area (Å²) in [5, 5.41) is 0. The molecule has 6 nitrogen and oxygen atoms in total. The molecule has 0 aliphatic heterocycles. The van der Waals surface area contributed by atoms with E-state index in [9.17, 15) is 14.4 Å². The fraction of sp³-hybridized carbons (Fsp3) is 0.933. The van der Waals surface area contributed by atoms with Crippen molar-refractivity contribution in [3.8, 4) is 0 Å². The second kappa shape index (κ2) is 70.6. The zero-order valence-corrected chi connectivity index (χ0v) is 55.4. The van der Waals surface area contributed by atoms with E-state index in [2.05, 4.69) is 32.9 Å². The molecule has 1 atom stereocenters. The van der Waals surface area contributed by atoms with Crippen LogP contribution in [0.15, 0.2) is 12.2 Å². The van der Waals surface area contributed by atoms with Crippen molar-refractivity contribution >= 4 is 17.9 Å². The van der Waals surface area contributed by atoms with Gasteiger partial charge >= 0.3 is 17.9 Å². The SMILES string of the molecule is CCCCCCCCCC/C=C\CCCCCCCCCCCCCCCCCC(=O)OCC(COC(=O)CCCCCCCCCCCCCCCCCCC)OC(=O)CCCCCCCCCCCCCCCCCCCCC. The minimum Gasteiger partial charge on any atom is -0.462 e. The van der Waals surface area contributed by atoms with Crippen LogP contribution in [0, 0.1) is 0 Å². The highest BCUT2D eigenvalue weighted by Crippen LogP contribution is 2.19.